The van der Waals surface area contributed by atoms with E-state index in [0.717, 1.165) is 209 Å². The van der Waals surface area contributed by atoms with Gasteiger partial charge in [0.1, 0.15) is 11.6 Å². The number of carboxylic acids is 1. The average molecular weight is 1660 g/mol. The number of methoxy groups -OCH3 is 3. The van der Waals surface area contributed by atoms with Gasteiger partial charge in [-0.05, 0) is 136 Å². The Balaban J connectivity index is -0.000000140. The van der Waals surface area contributed by atoms with Gasteiger partial charge in [-0.15, -0.1) is 32.6 Å². The number of ketones is 2. The van der Waals surface area contributed by atoms with E-state index < -0.39 is 11.9 Å². The Morgan fingerprint density at radius 3 is 0.904 bits per heavy atom. The van der Waals surface area contributed by atoms with E-state index in [1.54, 1.807) is 13.8 Å². The summed E-state index contributed by atoms with van der Waals surface area (Å²) in [5.74, 6) is -1.31. The number of nitrogens with two attached hydrogens (primary N) is 2. The first kappa shape index (κ1) is 125. The summed E-state index contributed by atoms with van der Waals surface area (Å²) >= 11 is 0. The summed E-state index contributed by atoms with van der Waals surface area (Å²) in [5, 5.41) is 39.8. The molecule has 11 N–H and O–H groups in total. The average Bonchev–Trinajstić information content (AvgIpc) is 1.18. The first-order valence-corrected chi connectivity index (χ1v) is 36.1. The van der Waals surface area contributed by atoms with Crippen LogP contribution in [0.4, 0.5) is 0 Å². The van der Waals surface area contributed by atoms with E-state index in [0.29, 0.717) is 75.9 Å². The second-order valence-corrected chi connectivity index (χ2v) is 25.5. The number of nitrogens with one attached hydrogen (secondary N) is 6. The molecule has 0 saturated carbocycles. The van der Waals surface area contributed by atoms with Crippen LogP contribution in [0.1, 0.15) is 108 Å². The molecule has 0 fully saturated rings. The molecule has 0 aromatic rings. The van der Waals surface area contributed by atoms with Gasteiger partial charge in [-0.25, -0.2) is 4.79 Å². The number of ether oxygens (including phenoxy) is 3. The molecule has 2 radical (unpaired) electrons. The van der Waals surface area contributed by atoms with Gasteiger partial charge in [-0.3, -0.25) is 35.5 Å². The molecule has 34 heteroatoms. The molecule has 0 rings (SSSR count). The topological polar surface area (TPSA) is 379 Å². The number of carbonyl (C=O) groups excluding carboxylic acids is 7. The zero-order chi connectivity index (χ0) is 75.9. The minimum atomic E-state index is -0.998. The molecule has 0 amide bonds. The van der Waals surface area contributed by atoms with Crippen molar-refractivity contribution in [3.8, 4) is 0 Å². The standard InChI is InChI=1S/2C20H42N5O3.C19H40N5O3.C7H19N3.C4H6O2.2Na.H2O.2Y/c2*1-18(2)25(16-12-22-10-9-21-8-6-19(3)26)17-13-23-11-15-24(4)14-7-20(27)28-5;1-18(2)24(15-9-20-7-13-22(3)11-5-17-25)16-10-21-8-14-23(4)12-6-19(26)27;1-7(2)10(5-3-8)6-4-9;1-3-4(5)6-2;;;;;/h2*18,22-23H,6-17H2,1-5H3;18,20-21H,5-16H2,1-4H3,(H,26,27);7H,3-6,8-9H2,1-2H3;3H,1H2,2H3;;;1H2;;/q3*-1;;;2*+1;;;/p-2. The normalized spacial score (nSPS) is 10.8. The predicted molar refractivity (Wildman–Crippen MR) is 406 cm³/mol. The minimum Gasteiger partial charge on any atom is -0.870 e. The van der Waals surface area contributed by atoms with Crippen LogP contribution in [0.25, 0.3) is 10.6 Å². The smallest absolute Gasteiger partial charge is 0.870 e. The fraction of sp³-hybridized carbons (Fsp3) is 0.871. The number of hydrogen-bond donors (Lipinski definition) is 8. The summed E-state index contributed by atoms with van der Waals surface area (Å²) < 4.78 is 13.5. The number of esters is 3. The number of Topliss-reactive ketones (excluding diaryl/α,β-unsaturated/α-hetero) is 2. The molecular weight excluding hydrogens is 1510 g/mol. The SMILES string of the molecule is C=CC(=O)OC.CC(C)N(CCN)CCN.CC(C)N(CCNCCN(C)CC[C-]=O)CCNCCN(C)CCC(=O)[O-].COC(=O)CCN(C)CCNCCN(CCNCC[N-]CCC(C)=O)C(C)C.COC(=O)CCN(C)CCNCCN(CCNCC[N-]CCC(C)=O)C(C)C.[Na+].[Na+].[OH-].[Y].[Y]. The van der Waals surface area contributed by atoms with Crippen molar-refractivity contribution in [3.63, 3.8) is 0 Å². The Morgan fingerprint density at radius 2 is 0.683 bits per heavy atom. The van der Waals surface area contributed by atoms with Crippen LogP contribution in [0, 0.1) is 0 Å². The minimum absolute atomic E-state index is 0. The molecular formula is C70H149N18Na2O12Y2-3. The molecule has 0 aromatic carbocycles. The van der Waals surface area contributed by atoms with Crippen LogP contribution in [0.2, 0.25) is 0 Å². The number of hydrogen-bond acceptors (Lipinski definition) is 28. The van der Waals surface area contributed by atoms with E-state index in [9.17, 15) is 38.7 Å². The van der Waals surface area contributed by atoms with Crippen LogP contribution in [0.5, 0.6) is 0 Å². The Bertz CT molecular complexity index is 1840. The van der Waals surface area contributed by atoms with Crippen LogP contribution in [0.15, 0.2) is 12.7 Å². The van der Waals surface area contributed by atoms with Gasteiger partial charge in [0.15, 0.2) is 0 Å². The number of rotatable bonds is 63. The van der Waals surface area contributed by atoms with Crippen molar-refractivity contribution in [1.82, 2.24) is 71.1 Å². The summed E-state index contributed by atoms with van der Waals surface area (Å²) in [6.45, 7) is 53.4. The van der Waals surface area contributed by atoms with Crippen molar-refractivity contribution in [2.45, 2.75) is 132 Å². The molecule has 0 aliphatic heterocycles. The largest absolute Gasteiger partial charge is 1.00 e. The number of carbonyl (C=O) groups is 6. The fourth-order valence-electron chi connectivity index (χ4n) is 8.84. The van der Waals surface area contributed by atoms with Crippen LogP contribution >= 0.6 is 0 Å². The molecule has 30 nitrogen and oxygen atoms in total. The van der Waals surface area contributed by atoms with Crippen molar-refractivity contribution in [2.75, 3.05) is 272 Å². The maximum absolute atomic E-state index is 11.1. The van der Waals surface area contributed by atoms with E-state index in [2.05, 4.69) is 153 Å². The first-order chi connectivity index (χ1) is 47.1. The van der Waals surface area contributed by atoms with E-state index in [4.69, 9.17) is 11.5 Å². The zero-order valence-electron chi connectivity index (χ0n) is 69.1. The number of carboxylic acid groups (broad SMARTS) is 1. The van der Waals surface area contributed by atoms with Gasteiger partial charge >= 0.3 is 77.0 Å². The number of likely N-dealkylation sites (N-methyl/N-ethyl adjacent to an activating group) is 4. The summed E-state index contributed by atoms with van der Waals surface area (Å²) in [4.78, 5) is 92.5. The van der Waals surface area contributed by atoms with Crippen LogP contribution in [-0.2, 0) is 113 Å². The van der Waals surface area contributed by atoms with Crippen molar-refractivity contribution >= 4 is 41.7 Å². The maximum atomic E-state index is 11.1. The Hall–Kier alpha value is 0.0778. The van der Waals surface area contributed by atoms with Gasteiger partial charge in [0.05, 0.1) is 34.2 Å². The van der Waals surface area contributed by atoms with Crippen molar-refractivity contribution < 1.29 is 183 Å². The first-order valence-electron chi connectivity index (χ1n) is 36.1. The molecule has 0 saturated heterocycles. The fourth-order valence-corrected chi connectivity index (χ4v) is 8.84. The molecule has 602 valence electrons. The van der Waals surface area contributed by atoms with Crippen molar-refractivity contribution in [3.05, 3.63) is 23.3 Å². The third-order valence-electron chi connectivity index (χ3n) is 15.5. The van der Waals surface area contributed by atoms with E-state index in [-0.39, 0.29) is 160 Å². The summed E-state index contributed by atoms with van der Waals surface area (Å²) in [6, 6.07) is 2.07. The summed E-state index contributed by atoms with van der Waals surface area (Å²) in [7, 11) is 12.1. The quantitative estimate of drug-likeness (QED) is 0.00701. The molecule has 0 aromatic heterocycles. The van der Waals surface area contributed by atoms with E-state index >= 15 is 0 Å². The third-order valence-corrected chi connectivity index (χ3v) is 15.5. The van der Waals surface area contributed by atoms with Gasteiger partial charge in [0.2, 0.25) is 0 Å². The predicted octanol–water partition coefficient (Wildman–Crippen LogP) is -6.39. The van der Waals surface area contributed by atoms with Crippen LogP contribution < -0.4 is 108 Å². The molecule has 0 unspecified atom stereocenters. The summed E-state index contributed by atoms with van der Waals surface area (Å²) in [6.07, 6.45) is 5.55. The van der Waals surface area contributed by atoms with Gasteiger partial charge in [-0.2, -0.15) is 0 Å². The number of aliphatic carboxylic acids is 1. The Kier molecular flexibility index (Phi) is 113. The van der Waals surface area contributed by atoms with Crippen LogP contribution in [-0.4, -0.2) is 383 Å². The number of nitrogens with zero attached hydrogens (tertiary/aromatic N) is 10. The van der Waals surface area contributed by atoms with Crippen molar-refractivity contribution in [2.24, 2.45) is 11.5 Å². The molecule has 0 aliphatic carbocycles. The Labute approximate surface area is 727 Å². The van der Waals surface area contributed by atoms with Crippen LogP contribution in [0.3, 0.4) is 0 Å². The molecule has 0 atom stereocenters. The molecule has 0 aliphatic rings. The monoisotopic (exact) mass is 1660 g/mol. The molecule has 0 heterocycles. The second kappa shape index (κ2) is 93.7. The van der Waals surface area contributed by atoms with Gasteiger partial charge in [-0.1, -0.05) is 6.58 Å². The van der Waals surface area contributed by atoms with Crippen molar-refractivity contribution in [1.29, 1.82) is 0 Å². The molecule has 104 heavy (non-hydrogen) atoms. The Morgan fingerprint density at radius 1 is 0.423 bits per heavy atom. The van der Waals surface area contributed by atoms with E-state index in [1.165, 1.54) is 21.3 Å². The summed E-state index contributed by atoms with van der Waals surface area (Å²) in [5.41, 5.74) is 10.8. The molecule has 0 spiro atoms. The molecule has 0 bridgehead atoms. The third kappa shape index (κ3) is 98.2. The zero-order valence-corrected chi connectivity index (χ0v) is 78.8. The van der Waals surface area contributed by atoms with Gasteiger partial charge in [0, 0.05) is 278 Å². The van der Waals surface area contributed by atoms with E-state index in [1.807, 2.05) is 39.4 Å². The van der Waals surface area contributed by atoms with Gasteiger partial charge in [0.25, 0.3) is 0 Å². The second-order valence-electron chi connectivity index (χ2n) is 25.5. The van der Waals surface area contributed by atoms with Gasteiger partial charge < -0.3 is 118 Å². The maximum Gasteiger partial charge on any atom is 1.00 e.